The Kier molecular flexibility index (Phi) is 3.17. The van der Waals surface area contributed by atoms with E-state index in [4.69, 9.17) is 10.3 Å². The smallest absolute Gasteiger partial charge is 0.223 e. The lowest BCUT2D eigenvalue weighted by molar-refractivity contribution is 0.388. The van der Waals surface area contributed by atoms with Crippen LogP contribution in [0.1, 0.15) is 24.5 Å². The quantitative estimate of drug-likeness (QED) is 0.810. The van der Waals surface area contributed by atoms with Gasteiger partial charge in [0.2, 0.25) is 5.89 Å². The number of aryl methyl sites for hydroxylation is 2. The lowest BCUT2D eigenvalue weighted by atomic mass is 10.4. The molecule has 2 rings (SSSR count). The maximum Gasteiger partial charge on any atom is 0.223 e. The molecule has 0 amide bonds. The van der Waals surface area contributed by atoms with E-state index in [1.165, 1.54) is 0 Å². The Morgan fingerprint density at radius 1 is 1.29 bits per heavy atom. The van der Waals surface area contributed by atoms with Crippen molar-refractivity contribution < 1.29 is 4.52 Å². The fourth-order valence-corrected chi connectivity index (χ4v) is 1.35. The van der Waals surface area contributed by atoms with E-state index < -0.39 is 0 Å². The first kappa shape index (κ1) is 11.3. The summed E-state index contributed by atoms with van der Waals surface area (Å²) in [5, 5.41) is 6.85. The van der Waals surface area contributed by atoms with Gasteiger partial charge in [-0.15, -0.1) is 0 Å². The standard InChI is InChI=1S/C10H14N6O/c1-3-8-14-7(11)4-9(15-8)12-5-10-13-6(2)17-16-10/h4H,3,5H2,1-2H3,(H3,11,12,14,15). The van der Waals surface area contributed by atoms with Crippen LogP contribution in [0.2, 0.25) is 0 Å². The summed E-state index contributed by atoms with van der Waals surface area (Å²) in [6.45, 7) is 4.16. The largest absolute Gasteiger partial charge is 0.384 e. The molecule has 90 valence electrons. The van der Waals surface area contributed by atoms with Crippen LogP contribution in [0.3, 0.4) is 0 Å². The van der Waals surface area contributed by atoms with Gasteiger partial charge in [-0.05, 0) is 0 Å². The van der Waals surface area contributed by atoms with E-state index in [9.17, 15) is 0 Å². The summed E-state index contributed by atoms with van der Waals surface area (Å²) in [5.74, 6) is 2.94. The van der Waals surface area contributed by atoms with Crippen LogP contribution >= 0.6 is 0 Å². The number of anilines is 2. The van der Waals surface area contributed by atoms with Gasteiger partial charge in [-0.2, -0.15) is 4.98 Å². The van der Waals surface area contributed by atoms with Crippen LogP contribution in [0, 0.1) is 6.92 Å². The number of hydrogen-bond donors (Lipinski definition) is 2. The number of hydrogen-bond acceptors (Lipinski definition) is 7. The lowest BCUT2D eigenvalue weighted by Gasteiger charge is -2.05. The molecule has 0 fully saturated rings. The monoisotopic (exact) mass is 234 g/mol. The molecule has 2 aromatic heterocycles. The van der Waals surface area contributed by atoms with E-state index in [-0.39, 0.29) is 0 Å². The van der Waals surface area contributed by atoms with Gasteiger partial charge < -0.3 is 15.6 Å². The van der Waals surface area contributed by atoms with Gasteiger partial charge in [0.15, 0.2) is 5.82 Å². The first-order valence-electron chi connectivity index (χ1n) is 5.34. The number of nitrogen functional groups attached to an aromatic ring is 1. The van der Waals surface area contributed by atoms with E-state index in [1.54, 1.807) is 13.0 Å². The second-order valence-electron chi connectivity index (χ2n) is 3.53. The lowest BCUT2D eigenvalue weighted by Crippen LogP contribution is -2.07. The third kappa shape index (κ3) is 2.90. The molecule has 0 saturated carbocycles. The molecule has 0 radical (unpaired) electrons. The molecule has 3 N–H and O–H groups in total. The van der Waals surface area contributed by atoms with Crippen molar-refractivity contribution in [3.63, 3.8) is 0 Å². The van der Waals surface area contributed by atoms with Gasteiger partial charge in [0.1, 0.15) is 17.5 Å². The molecular weight excluding hydrogens is 220 g/mol. The van der Waals surface area contributed by atoms with Crippen molar-refractivity contribution >= 4 is 11.6 Å². The van der Waals surface area contributed by atoms with Gasteiger partial charge in [0.05, 0.1) is 6.54 Å². The number of nitrogens with two attached hydrogens (primary N) is 1. The van der Waals surface area contributed by atoms with Crippen molar-refractivity contribution in [3.8, 4) is 0 Å². The van der Waals surface area contributed by atoms with Crippen molar-refractivity contribution in [2.45, 2.75) is 26.8 Å². The van der Waals surface area contributed by atoms with Crippen molar-refractivity contribution in [3.05, 3.63) is 23.6 Å². The molecule has 0 aliphatic heterocycles. The number of nitrogens with one attached hydrogen (secondary N) is 1. The van der Waals surface area contributed by atoms with E-state index in [1.807, 2.05) is 6.92 Å². The van der Waals surface area contributed by atoms with Gasteiger partial charge in [-0.1, -0.05) is 12.1 Å². The molecule has 0 aliphatic rings. The van der Waals surface area contributed by atoms with Crippen molar-refractivity contribution in [1.82, 2.24) is 20.1 Å². The summed E-state index contributed by atoms with van der Waals surface area (Å²) in [7, 11) is 0. The van der Waals surface area contributed by atoms with Crippen molar-refractivity contribution in [1.29, 1.82) is 0 Å². The van der Waals surface area contributed by atoms with Gasteiger partial charge in [0, 0.05) is 19.4 Å². The highest BCUT2D eigenvalue weighted by Gasteiger charge is 2.04. The molecule has 0 unspecified atom stereocenters. The highest BCUT2D eigenvalue weighted by atomic mass is 16.5. The SMILES string of the molecule is CCc1nc(N)cc(NCc2noc(C)n2)n1. The Morgan fingerprint density at radius 2 is 2.12 bits per heavy atom. The third-order valence-corrected chi connectivity index (χ3v) is 2.11. The van der Waals surface area contributed by atoms with Gasteiger partial charge in [-0.3, -0.25) is 0 Å². The molecule has 0 saturated heterocycles. The topological polar surface area (TPSA) is 103 Å². The molecule has 2 aromatic rings. The second-order valence-corrected chi connectivity index (χ2v) is 3.53. The summed E-state index contributed by atoms with van der Waals surface area (Å²) in [4.78, 5) is 12.4. The van der Waals surface area contributed by atoms with Crippen LogP contribution < -0.4 is 11.1 Å². The molecule has 0 spiro atoms. The number of aromatic nitrogens is 4. The Morgan fingerprint density at radius 3 is 2.76 bits per heavy atom. The van der Waals surface area contributed by atoms with Crippen molar-refractivity contribution in [2.24, 2.45) is 0 Å². The zero-order valence-corrected chi connectivity index (χ0v) is 9.77. The van der Waals surface area contributed by atoms with E-state index in [0.717, 1.165) is 6.42 Å². The fraction of sp³-hybridized carbons (Fsp3) is 0.400. The second kappa shape index (κ2) is 4.77. The van der Waals surface area contributed by atoms with Crippen LogP contribution in [0.25, 0.3) is 0 Å². The van der Waals surface area contributed by atoms with Crippen LogP contribution in [-0.2, 0) is 13.0 Å². The molecule has 17 heavy (non-hydrogen) atoms. The average molecular weight is 234 g/mol. The van der Waals surface area contributed by atoms with Gasteiger partial charge in [0.25, 0.3) is 0 Å². The Balaban J connectivity index is 2.05. The van der Waals surface area contributed by atoms with Crippen LogP contribution in [0.4, 0.5) is 11.6 Å². The summed E-state index contributed by atoms with van der Waals surface area (Å²) in [5.41, 5.74) is 5.67. The molecule has 0 bridgehead atoms. The molecule has 0 aromatic carbocycles. The molecule has 0 atom stereocenters. The Hall–Kier alpha value is -2.18. The first-order chi connectivity index (χ1) is 8.17. The highest BCUT2D eigenvalue weighted by molar-refractivity contribution is 5.44. The van der Waals surface area contributed by atoms with Gasteiger partial charge >= 0.3 is 0 Å². The summed E-state index contributed by atoms with van der Waals surface area (Å²) in [6, 6.07) is 1.67. The number of nitrogens with zero attached hydrogens (tertiary/aromatic N) is 4. The normalized spacial score (nSPS) is 10.5. The number of rotatable bonds is 4. The first-order valence-corrected chi connectivity index (χ1v) is 5.34. The Labute approximate surface area is 98.5 Å². The maximum absolute atomic E-state index is 5.67. The Bertz CT molecular complexity index is 509. The molecule has 7 heteroatoms. The average Bonchev–Trinajstić information content (AvgIpc) is 2.72. The third-order valence-electron chi connectivity index (χ3n) is 2.11. The minimum Gasteiger partial charge on any atom is -0.384 e. The van der Waals surface area contributed by atoms with E-state index in [2.05, 4.69) is 25.4 Å². The van der Waals surface area contributed by atoms with E-state index in [0.29, 0.717) is 35.7 Å². The predicted octanol–water partition coefficient (Wildman–Crippen LogP) is 0.925. The van der Waals surface area contributed by atoms with E-state index >= 15 is 0 Å². The van der Waals surface area contributed by atoms with Crippen molar-refractivity contribution in [2.75, 3.05) is 11.1 Å². The van der Waals surface area contributed by atoms with Gasteiger partial charge in [-0.25, -0.2) is 9.97 Å². The van der Waals surface area contributed by atoms with Crippen LogP contribution in [0.15, 0.2) is 10.6 Å². The van der Waals surface area contributed by atoms with Crippen LogP contribution in [0.5, 0.6) is 0 Å². The summed E-state index contributed by atoms with van der Waals surface area (Å²) in [6.07, 6.45) is 0.737. The molecular formula is C10H14N6O. The fourth-order valence-electron chi connectivity index (χ4n) is 1.35. The van der Waals surface area contributed by atoms with Crippen LogP contribution in [-0.4, -0.2) is 20.1 Å². The summed E-state index contributed by atoms with van der Waals surface area (Å²) >= 11 is 0. The zero-order valence-electron chi connectivity index (χ0n) is 9.77. The summed E-state index contributed by atoms with van der Waals surface area (Å²) < 4.78 is 4.86. The molecule has 2 heterocycles. The maximum atomic E-state index is 5.67. The highest BCUT2D eigenvalue weighted by Crippen LogP contribution is 2.09. The zero-order chi connectivity index (χ0) is 12.3. The predicted molar refractivity (Wildman–Crippen MR) is 62.2 cm³/mol. The minimum absolute atomic E-state index is 0.441. The molecule has 0 aliphatic carbocycles. The minimum atomic E-state index is 0.441. The molecule has 7 nitrogen and oxygen atoms in total.